The summed E-state index contributed by atoms with van der Waals surface area (Å²) in [5.74, 6) is 0. The van der Waals surface area contributed by atoms with Crippen LogP contribution in [-0.4, -0.2) is 0 Å². The van der Waals surface area contributed by atoms with Gasteiger partial charge in [0.1, 0.15) is 0 Å². The second-order valence-electron chi connectivity index (χ2n) is 17.4. The summed E-state index contributed by atoms with van der Waals surface area (Å²) in [6, 6.07) is 129. The summed E-state index contributed by atoms with van der Waals surface area (Å²) in [6.45, 7) is 0. The first-order valence-electron chi connectivity index (χ1n) is 25.6. The molecule has 0 saturated heterocycles. The van der Waals surface area contributed by atoms with E-state index in [0.717, 1.165) is 0 Å². The zero-order valence-corrected chi connectivity index (χ0v) is 53.7. The van der Waals surface area contributed by atoms with Crippen LogP contribution in [0.2, 0.25) is 0 Å². The fourth-order valence-electron chi connectivity index (χ4n) is 8.71. The second kappa shape index (κ2) is 33.7. The van der Waals surface area contributed by atoms with Gasteiger partial charge in [-0.25, -0.2) is 0 Å². The van der Waals surface area contributed by atoms with Gasteiger partial charge in [-0.05, 0) is 95.3 Å². The van der Waals surface area contributed by atoms with Gasteiger partial charge in [-0.2, -0.15) is 0 Å². The van der Waals surface area contributed by atoms with E-state index in [9.17, 15) is 0 Å². The molecule has 0 N–H and O–H groups in total. The minimum absolute atomic E-state index is 0. The fraction of sp³-hybridized carbons (Fsp3) is 0. The predicted octanol–water partition coefficient (Wildman–Crippen LogP) is 7.79. The van der Waals surface area contributed by atoms with Gasteiger partial charge in [-0.1, -0.05) is 364 Å². The predicted molar refractivity (Wildman–Crippen MR) is 341 cm³/mol. The Labute approximate surface area is 526 Å². The molecule has 0 fully saturated rings. The van der Waals surface area contributed by atoms with Crippen molar-refractivity contribution in [3.8, 4) is 0 Å². The van der Waals surface area contributed by atoms with Crippen molar-refractivity contribution in [1.82, 2.24) is 0 Å². The molecule has 0 bridgehead atoms. The first kappa shape index (κ1) is 60.0. The number of benzene rings is 12. The molecule has 0 saturated carbocycles. The Morgan fingerprint density at radius 3 is 0.244 bits per heavy atom. The molecule has 6 heteroatoms. The Morgan fingerprint density at radius 1 is 0.115 bits per heavy atom. The molecule has 12 rings (SSSR count). The molecule has 0 nitrogen and oxygen atoms in total. The number of rotatable bonds is 12. The number of halogens is 1. The summed E-state index contributed by atoms with van der Waals surface area (Å²) >= 11 is 0. The summed E-state index contributed by atoms with van der Waals surface area (Å²) in [7, 11) is -1.78. The van der Waals surface area contributed by atoms with Gasteiger partial charge in [0, 0.05) is 0 Å². The Balaban J connectivity index is 0.000000149. The Hall–Kier alpha value is -5.66. The first-order valence-corrected chi connectivity index (χ1v) is 31.0. The normalized spacial score (nSPS) is 10.3. The molecule has 78 heavy (non-hydrogen) atoms. The van der Waals surface area contributed by atoms with Gasteiger partial charge < -0.3 is 4.70 Å². The SMILES string of the molecule is [Cs+].[F-].c1ccc(P(c2ccccc2)c2ccccc2)cc1.c1ccc(P(c2ccccc2)c2ccccc2)cc1.c1ccc(P(c2ccccc2)c2ccccc2)cc1.c1ccc(P(c2ccccc2)c2ccccc2)cc1. The fourth-order valence-corrected chi connectivity index (χ4v) is 17.9. The third-order valence-electron chi connectivity index (χ3n) is 12.2. The summed E-state index contributed by atoms with van der Waals surface area (Å²) < 4.78 is 0. The van der Waals surface area contributed by atoms with Crippen LogP contribution in [-0.2, 0) is 0 Å². The van der Waals surface area contributed by atoms with Crippen molar-refractivity contribution < 1.29 is 73.6 Å². The van der Waals surface area contributed by atoms with Gasteiger partial charge in [0.25, 0.3) is 0 Å². The van der Waals surface area contributed by atoms with E-state index in [0.29, 0.717) is 0 Å². The average molecular weight is 1200 g/mol. The van der Waals surface area contributed by atoms with E-state index >= 15 is 0 Å². The van der Waals surface area contributed by atoms with Crippen molar-refractivity contribution in [2.75, 3.05) is 0 Å². The van der Waals surface area contributed by atoms with E-state index in [4.69, 9.17) is 0 Å². The van der Waals surface area contributed by atoms with E-state index in [1.165, 1.54) is 63.7 Å². The Bertz CT molecular complexity index is 2580. The largest absolute Gasteiger partial charge is 1.00 e. The molecule has 0 heterocycles. The molecule has 12 aromatic rings. The second-order valence-corrected chi connectivity index (χ2v) is 26.2. The van der Waals surface area contributed by atoms with Crippen molar-refractivity contribution in [3.63, 3.8) is 0 Å². The van der Waals surface area contributed by atoms with Crippen LogP contribution in [0.5, 0.6) is 0 Å². The molecular formula is C72H60CsFP4. The molecule has 0 aliphatic rings. The van der Waals surface area contributed by atoms with Crippen LogP contribution in [0.25, 0.3) is 0 Å². The molecular weight excluding hydrogens is 1140 g/mol. The van der Waals surface area contributed by atoms with Gasteiger partial charge in [0.15, 0.2) is 0 Å². The Kier molecular flexibility index (Phi) is 25.9. The van der Waals surface area contributed by atoms with Crippen molar-refractivity contribution >= 4 is 95.3 Å². The summed E-state index contributed by atoms with van der Waals surface area (Å²) in [6.07, 6.45) is 0. The van der Waals surface area contributed by atoms with Crippen molar-refractivity contribution in [1.29, 1.82) is 0 Å². The maximum atomic E-state index is 2.23. The van der Waals surface area contributed by atoms with Crippen molar-refractivity contribution in [2.45, 2.75) is 0 Å². The molecule has 0 aliphatic heterocycles. The molecule has 0 spiro atoms. The van der Waals surface area contributed by atoms with E-state index in [2.05, 4.69) is 364 Å². The zero-order valence-electron chi connectivity index (χ0n) is 43.8. The smallest absolute Gasteiger partial charge is 1.00 e. The third-order valence-corrected chi connectivity index (χ3v) is 21.9. The Morgan fingerprint density at radius 2 is 0.179 bits per heavy atom. The van der Waals surface area contributed by atoms with Gasteiger partial charge in [0.2, 0.25) is 0 Å². The summed E-state index contributed by atoms with van der Waals surface area (Å²) in [4.78, 5) is 0. The first-order chi connectivity index (χ1) is 37.8. The van der Waals surface area contributed by atoms with Gasteiger partial charge in [-0.15, -0.1) is 0 Å². The maximum absolute atomic E-state index is 2.23. The monoisotopic (exact) mass is 1200 g/mol. The minimum atomic E-state index is -0.446. The third kappa shape index (κ3) is 17.7. The van der Waals surface area contributed by atoms with E-state index in [-0.39, 0.29) is 73.6 Å². The maximum Gasteiger partial charge on any atom is 1.00 e. The van der Waals surface area contributed by atoms with Crippen LogP contribution in [0.1, 0.15) is 0 Å². The molecule has 0 aliphatic carbocycles. The van der Waals surface area contributed by atoms with Crippen LogP contribution in [0, 0.1) is 0 Å². The topological polar surface area (TPSA) is 0 Å². The van der Waals surface area contributed by atoms with E-state index in [1.807, 2.05) is 0 Å². The number of hydrogen-bond donors (Lipinski definition) is 0. The van der Waals surface area contributed by atoms with Gasteiger partial charge >= 0.3 is 68.9 Å². The van der Waals surface area contributed by atoms with Gasteiger partial charge in [-0.3, -0.25) is 0 Å². The van der Waals surface area contributed by atoms with Crippen LogP contribution < -0.4 is 137 Å². The van der Waals surface area contributed by atoms with E-state index in [1.54, 1.807) is 0 Å². The van der Waals surface area contributed by atoms with Crippen molar-refractivity contribution in [3.05, 3.63) is 364 Å². The average Bonchev–Trinajstić information content (AvgIpc) is 3.51. The quantitative estimate of drug-likeness (QED) is 0.110. The number of hydrogen-bond acceptors (Lipinski definition) is 0. The minimum Gasteiger partial charge on any atom is -1.00 e. The van der Waals surface area contributed by atoms with Crippen LogP contribution >= 0.6 is 31.7 Å². The summed E-state index contributed by atoms with van der Waals surface area (Å²) in [5.41, 5.74) is 0. The van der Waals surface area contributed by atoms with Crippen molar-refractivity contribution in [2.24, 2.45) is 0 Å². The molecule has 0 atom stereocenters. The molecule has 376 valence electrons. The van der Waals surface area contributed by atoms with E-state index < -0.39 is 31.7 Å². The zero-order chi connectivity index (χ0) is 51.7. The molecule has 0 unspecified atom stereocenters. The van der Waals surface area contributed by atoms with Crippen LogP contribution in [0.15, 0.2) is 364 Å². The summed E-state index contributed by atoms with van der Waals surface area (Å²) in [5, 5.41) is 16.8. The van der Waals surface area contributed by atoms with Gasteiger partial charge in [0.05, 0.1) is 0 Å². The molecule has 0 amide bonds. The molecule has 0 aromatic heterocycles. The standard InChI is InChI=1S/4C18H15P.Cs.FH/c4*1-4-10-16(11-5-1)19(17-12-6-2-7-13-17)18-14-8-3-9-15-18;;/h4*1-15H;;1H/q;;;;+1;/p-1. The van der Waals surface area contributed by atoms with Crippen LogP contribution in [0.3, 0.4) is 0 Å². The van der Waals surface area contributed by atoms with Crippen LogP contribution in [0.4, 0.5) is 0 Å². The molecule has 0 radical (unpaired) electrons. The molecule has 12 aromatic carbocycles.